The molecule has 0 saturated heterocycles. The molecule has 1 aromatic heterocycles. The van der Waals surface area contributed by atoms with Crippen molar-refractivity contribution in [3.63, 3.8) is 0 Å². The van der Waals surface area contributed by atoms with Crippen LogP contribution >= 0.6 is 15.9 Å². The quantitative estimate of drug-likeness (QED) is 0.702. The van der Waals surface area contributed by atoms with Gasteiger partial charge in [0.25, 0.3) is 0 Å². The molecule has 1 heterocycles. The first-order valence-electron chi connectivity index (χ1n) is 6.30. The van der Waals surface area contributed by atoms with Crippen LogP contribution in [0.2, 0.25) is 0 Å². The number of methoxy groups -OCH3 is 1. The van der Waals surface area contributed by atoms with Gasteiger partial charge in [0.2, 0.25) is 0 Å². The summed E-state index contributed by atoms with van der Waals surface area (Å²) in [6.07, 6.45) is 1.73. The standard InChI is InChI=1S/C13H19BrN2O4S/c1-9-10(13(17)20-3)8-11(14)12(15-9)16(2)6-5-7-21(4,18)19/h8H,5-7H2,1-4H3. The molecule has 6 nitrogen and oxygen atoms in total. The number of ether oxygens (including phenoxy) is 1. The minimum atomic E-state index is -2.96. The van der Waals surface area contributed by atoms with E-state index in [0.29, 0.717) is 34.5 Å². The van der Waals surface area contributed by atoms with Crippen molar-refractivity contribution in [2.45, 2.75) is 13.3 Å². The van der Waals surface area contributed by atoms with Crippen LogP contribution in [0.4, 0.5) is 5.82 Å². The lowest BCUT2D eigenvalue weighted by molar-refractivity contribution is 0.0599. The molecule has 1 aromatic rings. The Morgan fingerprint density at radius 1 is 1.48 bits per heavy atom. The van der Waals surface area contributed by atoms with Crippen LogP contribution in [0.3, 0.4) is 0 Å². The van der Waals surface area contributed by atoms with E-state index < -0.39 is 15.8 Å². The van der Waals surface area contributed by atoms with Crippen molar-refractivity contribution in [3.8, 4) is 0 Å². The smallest absolute Gasteiger partial charge is 0.339 e. The van der Waals surface area contributed by atoms with Crippen LogP contribution in [0.5, 0.6) is 0 Å². The maximum absolute atomic E-state index is 11.6. The van der Waals surface area contributed by atoms with Crippen LogP contribution in [0, 0.1) is 6.92 Å². The molecule has 8 heteroatoms. The summed E-state index contributed by atoms with van der Waals surface area (Å²) in [5.41, 5.74) is 0.965. The number of pyridine rings is 1. The number of nitrogens with zero attached hydrogens (tertiary/aromatic N) is 2. The monoisotopic (exact) mass is 378 g/mol. The van der Waals surface area contributed by atoms with Crippen molar-refractivity contribution in [2.75, 3.05) is 37.6 Å². The number of anilines is 1. The van der Waals surface area contributed by atoms with Gasteiger partial charge in [-0.05, 0) is 35.3 Å². The Morgan fingerprint density at radius 3 is 2.62 bits per heavy atom. The van der Waals surface area contributed by atoms with Gasteiger partial charge in [-0.25, -0.2) is 18.2 Å². The van der Waals surface area contributed by atoms with E-state index in [1.54, 1.807) is 13.0 Å². The molecule has 0 atom stereocenters. The SMILES string of the molecule is COC(=O)c1cc(Br)c(N(C)CCCS(C)(=O)=O)nc1C. The molecule has 0 aliphatic heterocycles. The van der Waals surface area contributed by atoms with Gasteiger partial charge in [0.15, 0.2) is 0 Å². The highest BCUT2D eigenvalue weighted by Crippen LogP contribution is 2.26. The Morgan fingerprint density at radius 2 is 2.10 bits per heavy atom. The molecule has 0 aromatic carbocycles. The van der Waals surface area contributed by atoms with Crippen molar-refractivity contribution < 1.29 is 17.9 Å². The molecule has 0 fully saturated rings. The number of carbonyl (C=O) groups excluding carboxylic acids is 1. The molecule has 0 saturated carbocycles. The average molecular weight is 379 g/mol. The van der Waals surface area contributed by atoms with E-state index in [-0.39, 0.29) is 5.75 Å². The van der Waals surface area contributed by atoms with Crippen LogP contribution in [0.15, 0.2) is 10.5 Å². The minimum absolute atomic E-state index is 0.133. The number of carbonyl (C=O) groups is 1. The van der Waals surface area contributed by atoms with Crippen molar-refractivity contribution in [2.24, 2.45) is 0 Å². The van der Waals surface area contributed by atoms with E-state index in [4.69, 9.17) is 4.74 Å². The van der Waals surface area contributed by atoms with Gasteiger partial charge in [0.1, 0.15) is 15.7 Å². The maximum atomic E-state index is 11.6. The van der Waals surface area contributed by atoms with E-state index in [2.05, 4.69) is 20.9 Å². The Bertz CT molecular complexity index is 631. The molecule has 118 valence electrons. The fourth-order valence-electron chi connectivity index (χ4n) is 1.82. The summed E-state index contributed by atoms with van der Waals surface area (Å²) in [4.78, 5) is 17.8. The van der Waals surface area contributed by atoms with Crippen LogP contribution in [0.25, 0.3) is 0 Å². The maximum Gasteiger partial charge on any atom is 0.339 e. The Hall–Kier alpha value is -1.15. The zero-order valence-electron chi connectivity index (χ0n) is 12.5. The number of aromatic nitrogens is 1. The van der Waals surface area contributed by atoms with Gasteiger partial charge >= 0.3 is 5.97 Å². The van der Waals surface area contributed by atoms with Gasteiger partial charge in [-0.3, -0.25) is 0 Å². The second kappa shape index (κ2) is 7.22. The predicted octanol–water partition coefficient (Wildman–Crippen LogP) is 1.81. The fraction of sp³-hybridized carbons (Fsp3) is 0.538. The molecule has 0 amide bonds. The van der Waals surface area contributed by atoms with Crippen molar-refractivity contribution in [1.82, 2.24) is 4.98 Å². The number of aryl methyl sites for hydroxylation is 1. The lowest BCUT2D eigenvalue weighted by Gasteiger charge is -2.20. The van der Waals surface area contributed by atoms with Gasteiger partial charge in [-0.1, -0.05) is 0 Å². The first-order valence-corrected chi connectivity index (χ1v) is 9.15. The molecule has 1 rings (SSSR count). The molecule has 0 aliphatic carbocycles. The van der Waals surface area contributed by atoms with Gasteiger partial charge < -0.3 is 9.64 Å². The molecule has 0 N–H and O–H groups in total. The number of esters is 1. The highest BCUT2D eigenvalue weighted by atomic mass is 79.9. The molecule has 21 heavy (non-hydrogen) atoms. The number of rotatable bonds is 6. The highest BCUT2D eigenvalue weighted by Gasteiger charge is 2.16. The van der Waals surface area contributed by atoms with Gasteiger partial charge in [0, 0.05) is 19.8 Å². The average Bonchev–Trinajstić information content (AvgIpc) is 2.38. The van der Waals surface area contributed by atoms with Crippen molar-refractivity contribution in [1.29, 1.82) is 0 Å². The summed E-state index contributed by atoms with van der Waals surface area (Å²) < 4.78 is 27.6. The third-order valence-corrected chi connectivity index (χ3v) is 4.54. The van der Waals surface area contributed by atoms with Gasteiger partial charge in [-0.15, -0.1) is 0 Å². The second-order valence-corrected chi connectivity index (χ2v) is 7.94. The van der Waals surface area contributed by atoms with Gasteiger partial charge in [0.05, 0.1) is 28.6 Å². The van der Waals surface area contributed by atoms with E-state index in [0.717, 1.165) is 0 Å². The predicted molar refractivity (Wildman–Crippen MR) is 85.6 cm³/mol. The van der Waals surface area contributed by atoms with Crippen molar-refractivity contribution >= 4 is 37.6 Å². The fourth-order valence-corrected chi connectivity index (χ4v) is 3.10. The number of hydrogen-bond donors (Lipinski definition) is 0. The Kier molecular flexibility index (Phi) is 6.15. The summed E-state index contributed by atoms with van der Waals surface area (Å²) in [6, 6.07) is 1.66. The first-order chi connectivity index (χ1) is 9.65. The third kappa shape index (κ3) is 5.28. The molecular formula is C13H19BrN2O4S. The van der Waals surface area contributed by atoms with E-state index in [1.165, 1.54) is 13.4 Å². The van der Waals surface area contributed by atoms with Crippen molar-refractivity contribution in [3.05, 3.63) is 21.8 Å². The lowest BCUT2D eigenvalue weighted by atomic mass is 10.2. The summed E-state index contributed by atoms with van der Waals surface area (Å²) in [7, 11) is 0.185. The lowest BCUT2D eigenvalue weighted by Crippen LogP contribution is -2.23. The van der Waals surface area contributed by atoms with E-state index in [9.17, 15) is 13.2 Å². The normalized spacial score (nSPS) is 11.3. The molecule has 0 radical (unpaired) electrons. The molecule has 0 unspecified atom stereocenters. The molecule has 0 aliphatic rings. The summed E-state index contributed by atoms with van der Waals surface area (Å²) in [5, 5.41) is 0. The van der Waals surface area contributed by atoms with Gasteiger partial charge in [-0.2, -0.15) is 0 Å². The minimum Gasteiger partial charge on any atom is -0.465 e. The number of sulfone groups is 1. The summed E-state index contributed by atoms with van der Waals surface area (Å²) in [5.74, 6) is 0.356. The third-order valence-electron chi connectivity index (χ3n) is 2.92. The Balaban J connectivity index is 2.88. The number of halogens is 1. The zero-order chi connectivity index (χ0) is 16.2. The molecule has 0 spiro atoms. The van der Waals surface area contributed by atoms with E-state index >= 15 is 0 Å². The molecular weight excluding hydrogens is 360 g/mol. The topological polar surface area (TPSA) is 76.6 Å². The first kappa shape index (κ1) is 17.9. The second-order valence-electron chi connectivity index (χ2n) is 4.82. The van der Waals surface area contributed by atoms with Crippen LogP contribution in [-0.4, -0.2) is 52.1 Å². The zero-order valence-corrected chi connectivity index (χ0v) is 14.9. The summed E-state index contributed by atoms with van der Waals surface area (Å²) in [6.45, 7) is 2.28. The van der Waals surface area contributed by atoms with Crippen LogP contribution in [-0.2, 0) is 14.6 Å². The highest BCUT2D eigenvalue weighted by molar-refractivity contribution is 9.10. The largest absolute Gasteiger partial charge is 0.465 e. The van der Waals surface area contributed by atoms with Crippen LogP contribution in [0.1, 0.15) is 22.5 Å². The van der Waals surface area contributed by atoms with E-state index in [1.807, 2.05) is 11.9 Å². The molecule has 0 bridgehead atoms. The Labute approximate surface area is 133 Å². The summed E-state index contributed by atoms with van der Waals surface area (Å²) >= 11 is 3.38. The van der Waals surface area contributed by atoms with Crippen LogP contribution < -0.4 is 4.90 Å². The number of hydrogen-bond acceptors (Lipinski definition) is 6.